The Morgan fingerprint density at radius 3 is 2.46 bits per heavy atom. The van der Waals surface area contributed by atoms with E-state index in [1.165, 1.54) is 14.0 Å². The normalized spacial score (nSPS) is 24.5. The minimum absolute atomic E-state index is 0.0144. The van der Waals surface area contributed by atoms with Crippen LogP contribution < -0.4 is 5.32 Å². The van der Waals surface area contributed by atoms with Gasteiger partial charge in [-0.05, 0) is 6.92 Å². The largest absolute Gasteiger partial charge is 0.481 e. The second-order valence-corrected chi connectivity index (χ2v) is 3.71. The molecule has 76 valence electrons. The molecule has 5 nitrogen and oxygen atoms in total. The first-order valence-corrected chi connectivity index (χ1v) is 4.12. The maximum atomic E-state index is 11.0. The van der Waals surface area contributed by atoms with Crippen LogP contribution >= 0.6 is 0 Å². The third kappa shape index (κ3) is 1.43. The number of carboxylic acid groups (broad SMARTS) is 1. The van der Waals surface area contributed by atoms with Gasteiger partial charge in [0.15, 0.2) is 0 Å². The average molecular weight is 189 g/mol. The average Bonchev–Trinajstić information content (AvgIpc) is 2.00. The van der Waals surface area contributed by atoms with Gasteiger partial charge in [-0.2, -0.15) is 0 Å². The zero-order valence-corrected chi connectivity index (χ0v) is 7.83. The molecule has 0 aromatic heterocycles. The molecule has 0 saturated carbocycles. The molecule has 3 N–H and O–H groups in total. The molecule has 5 heteroatoms. The fourth-order valence-electron chi connectivity index (χ4n) is 1.44. The Morgan fingerprint density at radius 1 is 1.69 bits per heavy atom. The van der Waals surface area contributed by atoms with Crippen molar-refractivity contribution in [2.24, 2.45) is 5.41 Å². The molecule has 1 unspecified atom stereocenters. The van der Waals surface area contributed by atoms with Crippen LogP contribution in [0.2, 0.25) is 0 Å². The molecule has 0 bridgehead atoms. The number of nitrogens with one attached hydrogen (secondary N) is 1. The van der Waals surface area contributed by atoms with Crippen LogP contribution in [0, 0.1) is 5.41 Å². The number of carboxylic acids is 1. The maximum Gasteiger partial charge on any atom is 0.314 e. The van der Waals surface area contributed by atoms with E-state index >= 15 is 0 Å². The van der Waals surface area contributed by atoms with Crippen LogP contribution in [0.15, 0.2) is 0 Å². The van der Waals surface area contributed by atoms with E-state index in [2.05, 4.69) is 5.32 Å². The van der Waals surface area contributed by atoms with Crippen molar-refractivity contribution in [1.29, 1.82) is 0 Å². The predicted octanol–water partition coefficient (Wildman–Crippen LogP) is -0.942. The van der Waals surface area contributed by atoms with E-state index in [1.54, 1.807) is 0 Å². The van der Waals surface area contributed by atoms with Crippen LogP contribution in [0.5, 0.6) is 0 Å². The van der Waals surface area contributed by atoms with E-state index in [0.717, 1.165) is 0 Å². The van der Waals surface area contributed by atoms with Crippen molar-refractivity contribution in [3.05, 3.63) is 0 Å². The molecule has 0 aliphatic carbocycles. The lowest BCUT2D eigenvalue weighted by Crippen LogP contribution is -2.71. The van der Waals surface area contributed by atoms with Crippen LogP contribution in [-0.2, 0) is 9.53 Å². The Hall–Kier alpha value is -0.650. The summed E-state index contributed by atoms with van der Waals surface area (Å²) in [7, 11) is 1.43. The number of hydrogen-bond donors (Lipinski definition) is 3. The lowest BCUT2D eigenvalue weighted by atomic mass is 9.70. The Kier molecular flexibility index (Phi) is 2.61. The zero-order chi connectivity index (χ0) is 10.1. The molecule has 1 atom stereocenters. The van der Waals surface area contributed by atoms with Gasteiger partial charge in [0.25, 0.3) is 0 Å². The summed E-state index contributed by atoms with van der Waals surface area (Å²) >= 11 is 0. The minimum Gasteiger partial charge on any atom is -0.481 e. The molecule has 1 rings (SSSR count). The van der Waals surface area contributed by atoms with Gasteiger partial charge in [0.2, 0.25) is 0 Å². The first-order valence-electron chi connectivity index (χ1n) is 4.12. The molecule has 1 heterocycles. The fourth-order valence-corrected chi connectivity index (χ4v) is 1.44. The van der Waals surface area contributed by atoms with Gasteiger partial charge < -0.3 is 20.3 Å². The molecule has 1 saturated heterocycles. The Labute approximate surface area is 76.7 Å². The number of hydrogen-bond acceptors (Lipinski definition) is 4. The number of aliphatic hydroxyl groups is 1. The van der Waals surface area contributed by atoms with E-state index < -0.39 is 17.0 Å². The van der Waals surface area contributed by atoms with Crippen molar-refractivity contribution in [3.63, 3.8) is 0 Å². The van der Waals surface area contributed by atoms with E-state index in [1.807, 2.05) is 0 Å². The predicted molar refractivity (Wildman–Crippen MR) is 45.4 cm³/mol. The van der Waals surface area contributed by atoms with Gasteiger partial charge in [0.05, 0.1) is 6.61 Å². The van der Waals surface area contributed by atoms with Crippen LogP contribution in [0.1, 0.15) is 6.92 Å². The van der Waals surface area contributed by atoms with E-state index in [0.29, 0.717) is 13.1 Å². The summed E-state index contributed by atoms with van der Waals surface area (Å²) in [6.45, 7) is 2.12. The zero-order valence-electron chi connectivity index (χ0n) is 7.83. The van der Waals surface area contributed by atoms with Crippen molar-refractivity contribution in [3.8, 4) is 0 Å². The van der Waals surface area contributed by atoms with Gasteiger partial charge in [0.1, 0.15) is 11.0 Å². The van der Waals surface area contributed by atoms with Gasteiger partial charge >= 0.3 is 5.97 Å². The molecule has 0 spiro atoms. The molecule has 0 radical (unpaired) electrons. The van der Waals surface area contributed by atoms with Crippen molar-refractivity contribution in [2.75, 3.05) is 26.8 Å². The summed E-state index contributed by atoms with van der Waals surface area (Å²) in [6, 6.07) is 0. The maximum absolute atomic E-state index is 11.0. The summed E-state index contributed by atoms with van der Waals surface area (Å²) in [5, 5.41) is 21.8. The number of carbonyl (C=O) groups is 1. The van der Waals surface area contributed by atoms with Gasteiger partial charge in [-0.15, -0.1) is 0 Å². The standard InChI is InChI=1S/C8H15NO4/c1-7(5-13-2,6(10)11)8(12)3-9-4-8/h9,12H,3-5H2,1-2H3,(H,10,11). The topological polar surface area (TPSA) is 78.8 Å². The summed E-state index contributed by atoms with van der Waals surface area (Å²) in [4.78, 5) is 11.0. The molecule has 0 amide bonds. The molecular formula is C8H15NO4. The quantitative estimate of drug-likeness (QED) is 0.532. The molecule has 13 heavy (non-hydrogen) atoms. The molecule has 1 aliphatic heterocycles. The van der Waals surface area contributed by atoms with Crippen molar-refractivity contribution in [1.82, 2.24) is 5.32 Å². The lowest BCUT2D eigenvalue weighted by molar-refractivity contribution is -0.183. The summed E-state index contributed by atoms with van der Waals surface area (Å²) in [5.41, 5.74) is -2.41. The molecule has 0 aromatic rings. The number of β-amino-alcohol motifs (C(OH)–C–C–N with tert-alkyl or cyclic N) is 1. The number of aliphatic carboxylic acids is 1. The Morgan fingerprint density at radius 2 is 2.23 bits per heavy atom. The van der Waals surface area contributed by atoms with E-state index in [-0.39, 0.29) is 6.61 Å². The number of ether oxygens (including phenoxy) is 1. The SMILES string of the molecule is COCC(C)(C(=O)O)C1(O)CNC1. The van der Waals surface area contributed by atoms with Crippen molar-refractivity contribution < 1.29 is 19.7 Å². The minimum atomic E-state index is -1.23. The van der Waals surface area contributed by atoms with Gasteiger partial charge in [0, 0.05) is 20.2 Å². The summed E-state index contributed by atoms with van der Waals surface area (Å²) in [6.07, 6.45) is 0. The highest BCUT2D eigenvalue weighted by Gasteiger charge is 2.56. The highest BCUT2D eigenvalue weighted by atomic mass is 16.5. The molecular weight excluding hydrogens is 174 g/mol. The Bertz CT molecular complexity index is 214. The monoisotopic (exact) mass is 189 g/mol. The van der Waals surface area contributed by atoms with Crippen LogP contribution in [0.4, 0.5) is 0 Å². The second-order valence-electron chi connectivity index (χ2n) is 3.71. The van der Waals surface area contributed by atoms with E-state index in [4.69, 9.17) is 9.84 Å². The van der Waals surface area contributed by atoms with Gasteiger partial charge in [-0.25, -0.2) is 0 Å². The molecule has 0 aromatic carbocycles. The third-order valence-electron chi connectivity index (χ3n) is 2.77. The Balaban J connectivity index is 2.83. The second kappa shape index (κ2) is 3.25. The lowest BCUT2D eigenvalue weighted by Gasteiger charge is -2.48. The van der Waals surface area contributed by atoms with E-state index in [9.17, 15) is 9.90 Å². The first kappa shape index (κ1) is 10.4. The number of methoxy groups -OCH3 is 1. The summed E-state index contributed by atoms with van der Waals surface area (Å²) in [5.74, 6) is -1.03. The van der Waals surface area contributed by atoms with Crippen LogP contribution in [0.25, 0.3) is 0 Å². The van der Waals surface area contributed by atoms with Crippen molar-refractivity contribution >= 4 is 5.97 Å². The van der Waals surface area contributed by atoms with Gasteiger partial charge in [-0.1, -0.05) is 0 Å². The van der Waals surface area contributed by atoms with Crippen molar-refractivity contribution in [2.45, 2.75) is 12.5 Å². The molecule has 1 fully saturated rings. The van der Waals surface area contributed by atoms with Crippen LogP contribution in [0.3, 0.4) is 0 Å². The molecule has 1 aliphatic rings. The fraction of sp³-hybridized carbons (Fsp3) is 0.875. The highest BCUT2D eigenvalue weighted by molar-refractivity contribution is 5.76. The third-order valence-corrected chi connectivity index (χ3v) is 2.77. The number of rotatable bonds is 4. The van der Waals surface area contributed by atoms with Crippen LogP contribution in [-0.4, -0.2) is 48.6 Å². The first-order chi connectivity index (χ1) is 5.96. The van der Waals surface area contributed by atoms with Gasteiger partial charge in [-0.3, -0.25) is 4.79 Å². The summed E-state index contributed by atoms with van der Waals surface area (Å²) < 4.78 is 4.82. The highest BCUT2D eigenvalue weighted by Crippen LogP contribution is 2.35. The smallest absolute Gasteiger partial charge is 0.314 e.